The molecular formula is C18H26N4O3. The zero-order valence-electron chi connectivity index (χ0n) is 15.0. The predicted molar refractivity (Wildman–Crippen MR) is 95.7 cm³/mol. The van der Waals surface area contributed by atoms with Crippen molar-refractivity contribution in [1.82, 2.24) is 10.7 Å². The van der Waals surface area contributed by atoms with Crippen molar-refractivity contribution in [3.8, 4) is 0 Å². The number of carbonyl (C=O) groups is 3. The van der Waals surface area contributed by atoms with E-state index in [4.69, 9.17) is 5.73 Å². The first-order valence-corrected chi connectivity index (χ1v) is 8.49. The first-order chi connectivity index (χ1) is 11.7. The van der Waals surface area contributed by atoms with E-state index in [0.717, 1.165) is 6.42 Å². The Morgan fingerprint density at radius 3 is 2.48 bits per heavy atom. The van der Waals surface area contributed by atoms with Crippen molar-refractivity contribution in [3.05, 3.63) is 29.8 Å². The fourth-order valence-corrected chi connectivity index (χ4v) is 2.98. The second kappa shape index (κ2) is 7.65. The van der Waals surface area contributed by atoms with Crippen molar-refractivity contribution in [3.63, 3.8) is 0 Å². The van der Waals surface area contributed by atoms with Crippen LogP contribution in [0.15, 0.2) is 24.3 Å². The fourth-order valence-electron chi connectivity index (χ4n) is 2.98. The molecular weight excluding hydrogens is 320 g/mol. The summed E-state index contributed by atoms with van der Waals surface area (Å²) in [4.78, 5) is 35.9. The molecule has 0 aliphatic carbocycles. The Morgan fingerprint density at radius 1 is 1.28 bits per heavy atom. The number of rotatable bonds is 6. The molecule has 25 heavy (non-hydrogen) atoms. The van der Waals surface area contributed by atoms with E-state index in [2.05, 4.69) is 24.6 Å². The minimum absolute atomic E-state index is 0.176. The summed E-state index contributed by atoms with van der Waals surface area (Å²) in [6.07, 6.45) is 1.16. The lowest BCUT2D eigenvalue weighted by atomic mass is 9.90. The molecule has 3 amide bonds. The van der Waals surface area contributed by atoms with E-state index >= 15 is 0 Å². The molecule has 1 heterocycles. The van der Waals surface area contributed by atoms with Crippen LogP contribution < -0.4 is 21.5 Å². The van der Waals surface area contributed by atoms with Crippen LogP contribution in [0, 0.1) is 5.92 Å². The summed E-state index contributed by atoms with van der Waals surface area (Å²) in [6, 6.07) is 6.54. The highest BCUT2D eigenvalue weighted by Crippen LogP contribution is 2.19. The second-order valence-electron chi connectivity index (χ2n) is 7.13. The van der Waals surface area contributed by atoms with E-state index in [9.17, 15) is 14.4 Å². The van der Waals surface area contributed by atoms with Crippen molar-refractivity contribution >= 4 is 23.4 Å². The van der Waals surface area contributed by atoms with Crippen LogP contribution in [0.5, 0.6) is 0 Å². The Kier molecular flexibility index (Phi) is 5.79. The Morgan fingerprint density at radius 2 is 1.92 bits per heavy atom. The van der Waals surface area contributed by atoms with Gasteiger partial charge in [-0.3, -0.25) is 19.8 Å². The molecule has 136 valence electrons. The standard InChI is InChI=1S/C18H26N4O3/c1-12(2)10-18(3,11-19)20-17(25)13-4-6-14(7-5-13)22-16(24)9-8-15(23)21-22/h4-7,12H,8-11,19H2,1-3H3,(H,20,25)(H,21,23). The molecule has 0 bridgehead atoms. The molecule has 1 fully saturated rings. The maximum Gasteiger partial charge on any atom is 0.251 e. The van der Waals surface area contributed by atoms with Crippen LogP contribution in [0.4, 0.5) is 5.69 Å². The fraction of sp³-hybridized carbons (Fsp3) is 0.500. The number of carbonyl (C=O) groups excluding carboxylic acids is 3. The normalized spacial score (nSPS) is 17.2. The van der Waals surface area contributed by atoms with Crippen LogP contribution in [0.2, 0.25) is 0 Å². The van der Waals surface area contributed by atoms with Crippen molar-refractivity contribution in [2.45, 2.75) is 45.6 Å². The summed E-state index contributed by atoms with van der Waals surface area (Å²) in [6.45, 7) is 6.45. The Balaban J connectivity index is 2.09. The van der Waals surface area contributed by atoms with Crippen LogP contribution in [0.1, 0.15) is 50.4 Å². The topological polar surface area (TPSA) is 105 Å². The van der Waals surface area contributed by atoms with Crippen LogP contribution in [-0.4, -0.2) is 29.8 Å². The summed E-state index contributed by atoms with van der Waals surface area (Å²) in [5, 5.41) is 4.21. The minimum atomic E-state index is -0.471. The highest BCUT2D eigenvalue weighted by atomic mass is 16.2. The second-order valence-corrected chi connectivity index (χ2v) is 7.13. The first kappa shape index (κ1) is 18.9. The molecule has 1 aromatic carbocycles. The Bertz CT molecular complexity index is 657. The van der Waals surface area contributed by atoms with Crippen molar-refractivity contribution in [2.24, 2.45) is 11.7 Å². The first-order valence-electron chi connectivity index (χ1n) is 8.49. The van der Waals surface area contributed by atoms with Gasteiger partial charge < -0.3 is 11.1 Å². The average Bonchev–Trinajstić information content (AvgIpc) is 2.56. The quantitative estimate of drug-likeness (QED) is 0.723. The molecule has 7 heteroatoms. The molecule has 0 spiro atoms. The number of anilines is 1. The number of amides is 3. The van der Waals surface area contributed by atoms with Gasteiger partial charge in [0, 0.05) is 30.5 Å². The van der Waals surface area contributed by atoms with E-state index in [0.29, 0.717) is 23.7 Å². The summed E-state index contributed by atoms with van der Waals surface area (Å²) in [5.74, 6) is -0.183. The molecule has 1 unspecified atom stereocenters. The highest BCUT2D eigenvalue weighted by molar-refractivity contribution is 6.01. The van der Waals surface area contributed by atoms with Gasteiger partial charge in [0.05, 0.1) is 5.69 Å². The van der Waals surface area contributed by atoms with Crippen LogP contribution in [-0.2, 0) is 9.59 Å². The number of benzene rings is 1. The van der Waals surface area contributed by atoms with Gasteiger partial charge in [0.15, 0.2) is 0 Å². The number of hydrogen-bond acceptors (Lipinski definition) is 4. The summed E-state index contributed by atoms with van der Waals surface area (Å²) < 4.78 is 0. The van der Waals surface area contributed by atoms with Gasteiger partial charge >= 0.3 is 0 Å². The summed E-state index contributed by atoms with van der Waals surface area (Å²) in [5.41, 5.74) is 8.89. The Hall–Kier alpha value is -2.41. The zero-order chi connectivity index (χ0) is 18.6. The smallest absolute Gasteiger partial charge is 0.251 e. The molecule has 7 nitrogen and oxygen atoms in total. The molecule has 1 aromatic rings. The minimum Gasteiger partial charge on any atom is -0.346 e. The van der Waals surface area contributed by atoms with Gasteiger partial charge in [-0.1, -0.05) is 13.8 Å². The third-order valence-electron chi connectivity index (χ3n) is 4.16. The highest BCUT2D eigenvalue weighted by Gasteiger charge is 2.27. The SMILES string of the molecule is CC(C)CC(C)(CN)NC(=O)c1ccc(N2NC(=O)CCC2=O)cc1. The predicted octanol–water partition coefficient (Wildman–Crippen LogP) is 1.34. The maximum atomic E-state index is 12.5. The molecule has 2 rings (SSSR count). The molecule has 1 saturated heterocycles. The molecule has 0 aromatic heterocycles. The molecule has 0 saturated carbocycles. The number of hydrogen-bond donors (Lipinski definition) is 3. The van der Waals surface area contributed by atoms with E-state index in [1.54, 1.807) is 24.3 Å². The van der Waals surface area contributed by atoms with Gasteiger partial charge in [0.2, 0.25) is 11.8 Å². The molecule has 0 radical (unpaired) electrons. The third kappa shape index (κ3) is 4.79. The summed E-state index contributed by atoms with van der Waals surface area (Å²) >= 11 is 0. The van der Waals surface area contributed by atoms with E-state index < -0.39 is 5.54 Å². The van der Waals surface area contributed by atoms with Crippen molar-refractivity contribution in [2.75, 3.05) is 11.6 Å². The number of hydrazine groups is 1. The van der Waals surface area contributed by atoms with E-state index in [1.165, 1.54) is 5.01 Å². The maximum absolute atomic E-state index is 12.5. The lowest BCUT2D eigenvalue weighted by molar-refractivity contribution is -0.130. The average molecular weight is 346 g/mol. The van der Waals surface area contributed by atoms with Gasteiger partial charge in [0.25, 0.3) is 5.91 Å². The lowest BCUT2D eigenvalue weighted by Crippen LogP contribution is -2.52. The van der Waals surface area contributed by atoms with Crippen molar-refractivity contribution in [1.29, 1.82) is 0 Å². The monoisotopic (exact) mass is 346 g/mol. The van der Waals surface area contributed by atoms with E-state index in [-0.39, 0.29) is 30.6 Å². The van der Waals surface area contributed by atoms with Crippen LogP contribution in [0.25, 0.3) is 0 Å². The van der Waals surface area contributed by atoms with Gasteiger partial charge in [0.1, 0.15) is 0 Å². The molecule has 4 N–H and O–H groups in total. The van der Waals surface area contributed by atoms with Gasteiger partial charge in [-0.05, 0) is 43.5 Å². The van der Waals surface area contributed by atoms with Crippen molar-refractivity contribution < 1.29 is 14.4 Å². The van der Waals surface area contributed by atoms with Gasteiger partial charge in [-0.25, -0.2) is 5.01 Å². The van der Waals surface area contributed by atoms with E-state index in [1.807, 2.05) is 6.92 Å². The van der Waals surface area contributed by atoms with Gasteiger partial charge in [-0.2, -0.15) is 0 Å². The molecule has 1 atom stereocenters. The Labute approximate surface area is 147 Å². The van der Waals surface area contributed by atoms with Gasteiger partial charge in [-0.15, -0.1) is 0 Å². The number of nitrogens with two attached hydrogens (primary N) is 1. The number of nitrogens with one attached hydrogen (secondary N) is 2. The lowest BCUT2D eigenvalue weighted by Gasteiger charge is -2.31. The number of nitrogens with zero attached hydrogens (tertiary/aromatic N) is 1. The summed E-state index contributed by atoms with van der Waals surface area (Å²) in [7, 11) is 0. The molecule has 1 aliphatic rings. The van der Waals surface area contributed by atoms with Crippen LogP contribution in [0.3, 0.4) is 0 Å². The zero-order valence-corrected chi connectivity index (χ0v) is 15.0. The molecule has 1 aliphatic heterocycles. The van der Waals surface area contributed by atoms with Crippen LogP contribution >= 0.6 is 0 Å². The third-order valence-corrected chi connectivity index (χ3v) is 4.16. The largest absolute Gasteiger partial charge is 0.346 e.